The maximum atomic E-state index is 14.9. The van der Waals surface area contributed by atoms with E-state index in [-0.39, 0.29) is 17.7 Å². The fourth-order valence-corrected chi connectivity index (χ4v) is 5.17. The number of benzene rings is 1. The van der Waals surface area contributed by atoms with Crippen LogP contribution in [-0.4, -0.2) is 28.2 Å². The van der Waals surface area contributed by atoms with E-state index < -0.39 is 16.2 Å². The zero-order chi connectivity index (χ0) is 20.8. The highest BCUT2D eigenvalue weighted by Gasteiger charge is 2.33. The zero-order valence-electron chi connectivity index (χ0n) is 16.6. The molecule has 6 nitrogen and oxygen atoms in total. The fraction of sp³-hybridized carbons (Fsp3) is 0.429. The third kappa shape index (κ3) is 3.72. The van der Waals surface area contributed by atoms with Crippen LogP contribution in [0.1, 0.15) is 48.9 Å². The van der Waals surface area contributed by atoms with Crippen LogP contribution < -0.4 is 9.62 Å². The number of pyridine rings is 1. The molecule has 0 saturated carbocycles. The average molecular weight is 419 g/mol. The standard InChI is InChI=1S/C21H24FN3O3S/c1-3-29(27,28)24-19-6-4-5-15-16(11-23-12-17(15)19)14-9-13-7-8-20(26)25(2)21(13)18(22)10-14/h9-12,19H,3-8H2,1-2H3,(H-,24,27,28)/p+1. The number of hydrogen-bond acceptors (Lipinski definition) is 3. The molecular formula is C21H25FN3O3S+. The summed E-state index contributed by atoms with van der Waals surface area (Å²) in [6.07, 6.45) is 6.77. The second-order valence-electron chi connectivity index (χ2n) is 7.67. The number of carbonyl (C=O) groups is 1. The predicted molar refractivity (Wildman–Crippen MR) is 111 cm³/mol. The molecule has 29 heavy (non-hydrogen) atoms. The third-order valence-electron chi connectivity index (χ3n) is 5.87. The summed E-state index contributed by atoms with van der Waals surface area (Å²) in [6, 6.07) is 3.15. The van der Waals surface area contributed by atoms with E-state index in [0.717, 1.165) is 47.1 Å². The molecule has 2 N–H and O–H groups in total. The molecule has 1 aromatic carbocycles. The van der Waals surface area contributed by atoms with Crippen LogP contribution in [0, 0.1) is 5.82 Å². The molecule has 1 amide bonds. The third-order valence-corrected chi connectivity index (χ3v) is 7.31. The van der Waals surface area contributed by atoms with Crippen molar-refractivity contribution in [2.45, 2.75) is 45.1 Å². The van der Waals surface area contributed by atoms with Crippen LogP contribution in [-0.2, 0) is 32.2 Å². The van der Waals surface area contributed by atoms with Crippen LogP contribution in [0.15, 0.2) is 24.5 Å². The molecule has 2 atom stereocenters. The molecule has 1 aliphatic carbocycles. The smallest absolute Gasteiger partial charge is 0.288 e. The minimum Gasteiger partial charge on any atom is -0.313 e. The summed E-state index contributed by atoms with van der Waals surface area (Å²) in [5, 5.41) is 0. The number of aryl methyl sites for hydroxylation is 1. The summed E-state index contributed by atoms with van der Waals surface area (Å²) >= 11 is 0. The molecule has 4 rings (SSSR count). The number of rotatable bonds is 4. The van der Waals surface area contributed by atoms with Crippen LogP contribution in [0.5, 0.6) is 0 Å². The molecule has 2 unspecified atom stereocenters. The van der Waals surface area contributed by atoms with Crippen molar-refractivity contribution < 1.29 is 17.9 Å². The van der Waals surface area contributed by atoms with Crippen molar-refractivity contribution in [3.8, 4) is 11.1 Å². The van der Waals surface area contributed by atoms with E-state index in [0.29, 0.717) is 18.5 Å². The van der Waals surface area contributed by atoms with Crippen molar-refractivity contribution in [3.63, 3.8) is 0 Å². The van der Waals surface area contributed by atoms with Gasteiger partial charge in [-0.2, -0.15) is 4.55 Å². The number of carbonyl (C=O) groups excluding carboxylic acids is 1. The van der Waals surface area contributed by atoms with Gasteiger partial charge < -0.3 is 4.90 Å². The minimum absolute atomic E-state index is 0.0830. The number of aromatic nitrogens is 1. The van der Waals surface area contributed by atoms with E-state index in [4.69, 9.17) is 0 Å². The van der Waals surface area contributed by atoms with Gasteiger partial charge in [-0.1, -0.05) is 0 Å². The summed E-state index contributed by atoms with van der Waals surface area (Å²) < 4.78 is 40.0. The Kier molecular flexibility index (Phi) is 5.27. The van der Waals surface area contributed by atoms with E-state index in [1.165, 1.54) is 11.0 Å². The Morgan fingerprint density at radius 2 is 2.10 bits per heavy atom. The quantitative estimate of drug-likeness (QED) is 0.742. The average Bonchev–Trinajstić information content (AvgIpc) is 2.70. The molecule has 1 aliphatic heterocycles. The molecule has 0 spiro atoms. The second-order valence-corrected chi connectivity index (χ2v) is 9.76. The molecular weight excluding hydrogens is 393 g/mol. The molecule has 2 aromatic rings. The zero-order valence-corrected chi connectivity index (χ0v) is 17.4. The Hall–Kier alpha value is -2.16. The summed E-state index contributed by atoms with van der Waals surface area (Å²) in [5.41, 5.74) is 4.68. The highest BCUT2D eigenvalue weighted by Crippen LogP contribution is 2.39. The maximum Gasteiger partial charge on any atom is 0.288 e. The van der Waals surface area contributed by atoms with Crippen LogP contribution in [0.2, 0.25) is 0 Å². The molecule has 154 valence electrons. The van der Waals surface area contributed by atoms with Crippen molar-refractivity contribution in [2.24, 2.45) is 0 Å². The number of nitrogens with one attached hydrogen (secondary N) is 1. The van der Waals surface area contributed by atoms with E-state index >= 15 is 0 Å². The Balaban J connectivity index is 1.77. The lowest BCUT2D eigenvalue weighted by Gasteiger charge is -2.28. The summed E-state index contributed by atoms with van der Waals surface area (Å²) in [7, 11) is -1.49. The van der Waals surface area contributed by atoms with Crippen molar-refractivity contribution in [1.82, 2.24) is 9.71 Å². The van der Waals surface area contributed by atoms with Gasteiger partial charge in [-0.3, -0.25) is 9.78 Å². The van der Waals surface area contributed by atoms with Crippen molar-refractivity contribution >= 4 is 22.0 Å². The number of anilines is 1. The van der Waals surface area contributed by atoms with E-state index in [9.17, 15) is 17.9 Å². The lowest BCUT2D eigenvalue weighted by Crippen LogP contribution is -2.36. The monoisotopic (exact) mass is 418 g/mol. The van der Waals surface area contributed by atoms with Gasteiger partial charge >= 0.3 is 0 Å². The van der Waals surface area contributed by atoms with Gasteiger partial charge in [-0.25, -0.2) is 4.39 Å². The van der Waals surface area contributed by atoms with Gasteiger partial charge in [-0.05, 0) is 71.2 Å². The molecule has 2 aliphatic rings. The first-order valence-electron chi connectivity index (χ1n) is 9.88. The van der Waals surface area contributed by atoms with Crippen LogP contribution in [0.25, 0.3) is 11.1 Å². The van der Waals surface area contributed by atoms with Crippen LogP contribution in [0.4, 0.5) is 10.1 Å². The molecule has 0 radical (unpaired) electrons. The second kappa shape index (κ2) is 7.59. The molecule has 8 heteroatoms. The van der Waals surface area contributed by atoms with Crippen molar-refractivity contribution in [2.75, 3.05) is 17.7 Å². The highest BCUT2D eigenvalue weighted by molar-refractivity contribution is 7.95. The first kappa shape index (κ1) is 20.1. The number of hydrogen-bond donors (Lipinski definition) is 2. The predicted octanol–water partition coefficient (Wildman–Crippen LogP) is 3.67. The Morgan fingerprint density at radius 1 is 1.31 bits per heavy atom. The van der Waals surface area contributed by atoms with E-state index in [2.05, 4.69) is 9.71 Å². The first-order valence-corrected chi connectivity index (χ1v) is 11.6. The largest absolute Gasteiger partial charge is 0.313 e. The number of halogens is 1. The van der Waals surface area contributed by atoms with Gasteiger partial charge in [0.05, 0.1) is 11.7 Å². The Labute approximate surface area is 170 Å². The van der Waals surface area contributed by atoms with Crippen LogP contribution in [0.3, 0.4) is 0 Å². The van der Waals surface area contributed by atoms with Crippen molar-refractivity contribution in [1.29, 1.82) is 0 Å². The fourth-order valence-electron chi connectivity index (χ4n) is 4.31. The molecule has 2 heterocycles. The lowest BCUT2D eigenvalue weighted by atomic mass is 9.84. The Bertz CT molecular complexity index is 1030. The normalized spacial score (nSPS) is 20.8. The number of fused-ring (bicyclic) bond motifs is 2. The highest BCUT2D eigenvalue weighted by atomic mass is 32.3. The van der Waals surface area contributed by atoms with E-state index in [1.54, 1.807) is 26.4 Å². The van der Waals surface area contributed by atoms with Gasteiger partial charge in [0, 0.05) is 31.4 Å². The van der Waals surface area contributed by atoms with Gasteiger partial charge in [0.1, 0.15) is 5.82 Å². The molecule has 0 bridgehead atoms. The van der Waals surface area contributed by atoms with Gasteiger partial charge in [-0.15, -0.1) is 4.72 Å². The first-order chi connectivity index (χ1) is 13.8. The number of amides is 1. The molecule has 0 fully saturated rings. The van der Waals surface area contributed by atoms with Gasteiger partial charge in [0.15, 0.2) is 5.75 Å². The van der Waals surface area contributed by atoms with Gasteiger partial charge in [0.25, 0.3) is 10.4 Å². The van der Waals surface area contributed by atoms with Crippen LogP contribution >= 0.6 is 0 Å². The summed E-state index contributed by atoms with van der Waals surface area (Å²) in [5.74, 6) is -0.366. The molecule has 1 aromatic heterocycles. The maximum absolute atomic E-state index is 14.9. The lowest BCUT2D eigenvalue weighted by molar-refractivity contribution is -0.118. The summed E-state index contributed by atoms with van der Waals surface area (Å²) in [6.45, 7) is 1.67. The van der Waals surface area contributed by atoms with Crippen molar-refractivity contribution in [3.05, 3.63) is 47.0 Å². The molecule has 0 saturated heterocycles. The minimum atomic E-state index is -3.09. The Morgan fingerprint density at radius 3 is 2.86 bits per heavy atom. The topological polar surface area (TPSA) is 82.5 Å². The van der Waals surface area contributed by atoms with Gasteiger partial charge in [0.2, 0.25) is 5.91 Å². The SMILES string of the molecule is CC[S+](=O)(O)NC1CCCc2c(-c3cc(F)c4c(c3)CCC(=O)N4C)cncc21. The summed E-state index contributed by atoms with van der Waals surface area (Å²) in [4.78, 5) is 17.7. The van der Waals surface area contributed by atoms with E-state index in [1.807, 2.05) is 6.07 Å². The number of nitrogens with zero attached hydrogens (tertiary/aromatic N) is 2.